The van der Waals surface area contributed by atoms with Crippen molar-refractivity contribution >= 4 is 5.78 Å². The van der Waals surface area contributed by atoms with Gasteiger partial charge in [0.05, 0.1) is 19.8 Å². The average molecular weight is 613 g/mol. The first-order valence-electron chi connectivity index (χ1n) is 13.5. The predicted octanol–water partition coefficient (Wildman–Crippen LogP) is -1.34. The van der Waals surface area contributed by atoms with E-state index in [1.165, 1.54) is 26.2 Å². The molecule has 6 unspecified atom stereocenters. The van der Waals surface area contributed by atoms with E-state index in [9.17, 15) is 50.8 Å². The van der Waals surface area contributed by atoms with Crippen LogP contribution in [-0.4, -0.2) is 127 Å². The van der Waals surface area contributed by atoms with Crippen LogP contribution in [0.5, 0.6) is 28.7 Å². The third-order valence-corrected chi connectivity index (χ3v) is 7.41. The summed E-state index contributed by atoms with van der Waals surface area (Å²) in [7, 11) is 1.40. The average Bonchev–Trinajstić information content (AvgIpc) is 2.96. The number of Topliss-reactive ketones (excluding diaryl/α,β-unsaturated/α-hetero) is 1. The lowest BCUT2D eigenvalue weighted by atomic mass is 9.97. The first kappa shape index (κ1) is 32.7. The van der Waals surface area contributed by atoms with E-state index in [0.717, 1.165) is 12.1 Å². The number of benzene rings is 2. The number of hydrogen-bond donors (Lipinski definition) is 9. The second-order valence-corrected chi connectivity index (χ2v) is 10.4. The maximum atomic E-state index is 12.9. The van der Waals surface area contributed by atoms with Gasteiger partial charge in [0.2, 0.25) is 6.29 Å². The van der Waals surface area contributed by atoms with Crippen molar-refractivity contribution in [3.05, 3.63) is 41.5 Å². The van der Waals surface area contributed by atoms with Gasteiger partial charge in [-0.1, -0.05) is 6.07 Å². The number of aliphatic hydroxyl groups is 6. The molecule has 43 heavy (non-hydrogen) atoms. The molecule has 15 heteroatoms. The third-order valence-electron chi connectivity index (χ3n) is 7.41. The number of ether oxygens (including phenoxy) is 5. The van der Waals surface area contributed by atoms with Gasteiger partial charge in [-0.25, -0.2) is 0 Å². The molecule has 0 bridgehead atoms. The summed E-state index contributed by atoms with van der Waals surface area (Å²) < 4.78 is 27.2. The number of aliphatic hydroxyl groups excluding tert-OH is 6. The van der Waals surface area contributed by atoms with Gasteiger partial charge < -0.3 is 69.6 Å². The number of carbonyl (C=O) groups is 1. The lowest BCUT2D eigenvalue weighted by Gasteiger charge is -2.45. The molecule has 9 N–H and O–H groups in total. The number of rotatable bonds is 10. The van der Waals surface area contributed by atoms with Crippen molar-refractivity contribution < 1.29 is 74.4 Å². The fraction of sp³-hybridized carbons (Fsp3) is 0.536. The monoisotopic (exact) mass is 612 g/mol. The molecular weight excluding hydrogens is 576 g/mol. The number of carbonyl (C=O) groups excluding carboxylic acids is 1. The van der Waals surface area contributed by atoms with Gasteiger partial charge in [0.1, 0.15) is 59.4 Å². The SMILES string of the molecule is COc1ccc(CCC(=O)c2c(O)cc(O[C@@H]3OC(CO)[C@@H](O)C(O)C3O[C@@H]3OC(C)[C@H](O)C(O)C3O)cc2O)cc1O. The molecule has 0 aromatic heterocycles. The molecule has 2 aliphatic heterocycles. The minimum Gasteiger partial charge on any atom is -0.507 e. The van der Waals surface area contributed by atoms with Crippen molar-refractivity contribution in [3.8, 4) is 28.7 Å². The van der Waals surface area contributed by atoms with Crippen LogP contribution >= 0.6 is 0 Å². The number of ketones is 1. The minimum atomic E-state index is -1.79. The van der Waals surface area contributed by atoms with Gasteiger partial charge >= 0.3 is 0 Å². The van der Waals surface area contributed by atoms with Crippen molar-refractivity contribution in [1.29, 1.82) is 0 Å². The maximum Gasteiger partial charge on any atom is 0.229 e. The molecule has 2 aliphatic rings. The van der Waals surface area contributed by atoms with Crippen LogP contribution in [0.1, 0.15) is 29.3 Å². The molecule has 2 saturated heterocycles. The maximum absolute atomic E-state index is 12.9. The molecule has 4 rings (SSSR count). The summed E-state index contributed by atoms with van der Waals surface area (Å²) in [6.07, 6.45) is -15.5. The quantitative estimate of drug-likeness (QED) is 0.141. The molecule has 238 valence electrons. The summed E-state index contributed by atoms with van der Waals surface area (Å²) in [5, 5.41) is 92.3. The van der Waals surface area contributed by atoms with Gasteiger partial charge in [-0.05, 0) is 31.0 Å². The highest BCUT2D eigenvalue weighted by atomic mass is 16.8. The van der Waals surface area contributed by atoms with Gasteiger partial charge in [0, 0.05) is 18.6 Å². The van der Waals surface area contributed by atoms with Gasteiger partial charge in [-0.2, -0.15) is 0 Å². The first-order chi connectivity index (χ1) is 20.4. The Labute approximate surface area is 245 Å². The Kier molecular flexibility index (Phi) is 10.3. The van der Waals surface area contributed by atoms with Crippen LogP contribution in [0.25, 0.3) is 0 Å². The molecule has 2 aromatic rings. The molecule has 10 atom stereocenters. The minimum absolute atomic E-state index is 0.110. The lowest BCUT2D eigenvalue weighted by molar-refractivity contribution is -0.354. The van der Waals surface area contributed by atoms with Crippen LogP contribution in [0, 0.1) is 0 Å². The fourth-order valence-corrected chi connectivity index (χ4v) is 4.93. The van der Waals surface area contributed by atoms with Crippen LogP contribution < -0.4 is 9.47 Å². The zero-order chi connectivity index (χ0) is 31.6. The topological polar surface area (TPSA) is 245 Å². The van der Waals surface area contributed by atoms with E-state index in [2.05, 4.69) is 0 Å². The summed E-state index contributed by atoms with van der Waals surface area (Å²) in [5.74, 6) is -2.04. The smallest absolute Gasteiger partial charge is 0.229 e. The number of aryl methyl sites for hydroxylation is 1. The molecule has 2 fully saturated rings. The Balaban J connectivity index is 1.51. The number of aromatic hydroxyl groups is 3. The highest BCUT2D eigenvalue weighted by molar-refractivity contribution is 6.01. The van der Waals surface area contributed by atoms with Crippen LogP contribution in [0.4, 0.5) is 0 Å². The Morgan fingerprint density at radius 3 is 2.12 bits per heavy atom. The largest absolute Gasteiger partial charge is 0.507 e. The van der Waals surface area contributed by atoms with Gasteiger partial charge in [-0.15, -0.1) is 0 Å². The summed E-state index contributed by atoms with van der Waals surface area (Å²) in [4.78, 5) is 12.9. The zero-order valence-corrected chi connectivity index (χ0v) is 23.3. The molecule has 2 aromatic carbocycles. The van der Waals surface area contributed by atoms with Crippen molar-refractivity contribution in [3.63, 3.8) is 0 Å². The summed E-state index contributed by atoms with van der Waals surface area (Å²) in [6.45, 7) is 0.662. The molecule has 0 spiro atoms. The van der Waals surface area contributed by atoms with Crippen molar-refractivity contribution in [1.82, 2.24) is 0 Å². The summed E-state index contributed by atoms with van der Waals surface area (Å²) >= 11 is 0. The van der Waals surface area contributed by atoms with Gasteiger partial charge in [0.15, 0.2) is 29.7 Å². The van der Waals surface area contributed by atoms with E-state index in [1.807, 2.05) is 0 Å². The van der Waals surface area contributed by atoms with E-state index in [-0.39, 0.29) is 30.1 Å². The van der Waals surface area contributed by atoms with Crippen LogP contribution in [0.15, 0.2) is 30.3 Å². The highest BCUT2D eigenvalue weighted by Crippen LogP contribution is 2.37. The standard InChI is InChI=1S/C28H36O15/c1-11-21(34)23(36)25(38)27(40-11)43-26-24(37)22(35)19(10-29)42-28(26)41-13-8-16(32)20(17(33)9-13)14(30)5-3-12-4-6-18(39-2)15(31)7-12/h4,6-9,11,19,21-29,31-38H,3,5,10H2,1-2H3/t11?,19?,21-,22+,23?,24?,25?,26?,27-,28+/m0/s1. The molecule has 0 amide bonds. The Bertz CT molecular complexity index is 1250. The van der Waals surface area contributed by atoms with Crippen molar-refractivity contribution in [2.24, 2.45) is 0 Å². The lowest BCUT2D eigenvalue weighted by Crippen LogP contribution is -2.64. The molecule has 0 aliphatic carbocycles. The van der Waals surface area contributed by atoms with Crippen LogP contribution in [-0.2, 0) is 20.6 Å². The molecule has 2 heterocycles. The molecular formula is C28H36O15. The Morgan fingerprint density at radius 1 is 0.837 bits per heavy atom. The highest BCUT2D eigenvalue weighted by Gasteiger charge is 2.51. The predicted molar refractivity (Wildman–Crippen MR) is 143 cm³/mol. The summed E-state index contributed by atoms with van der Waals surface area (Å²) in [5.41, 5.74) is 0.208. The van der Waals surface area contributed by atoms with E-state index in [0.29, 0.717) is 5.56 Å². The van der Waals surface area contributed by atoms with Gasteiger partial charge in [0.25, 0.3) is 0 Å². The molecule has 0 radical (unpaired) electrons. The number of methoxy groups -OCH3 is 1. The van der Waals surface area contributed by atoms with Crippen molar-refractivity contribution in [2.45, 2.75) is 81.2 Å². The van der Waals surface area contributed by atoms with E-state index in [4.69, 9.17) is 23.7 Å². The van der Waals surface area contributed by atoms with Crippen LogP contribution in [0.3, 0.4) is 0 Å². The number of phenolic OH excluding ortho intramolecular Hbond substituents is 3. The van der Waals surface area contributed by atoms with Gasteiger partial charge in [-0.3, -0.25) is 4.79 Å². The van der Waals surface area contributed by atoms with E-state index >= 15 is 0 Å². The third kappa shape index (κ3) is 6.95. The Hall–Kier alpha value is -3.25. The number of phenols is 3. The van der Waals surface area contributed by atoms with E-state index in [1.54, 1.807) is 6.07 Å². The summed E-state index contributed by atoms with van der Waals surface area (Å²) in [6, 6.07) is 6.59. The first-order valence-corrected chi connectivity index (χ1v) is 13.5. The van der Waals surface area contributed by atoms with Crippen molar-refractivity contribution in [2.75, 3.05) is 13.7 Å². The second kappa shape index (κ2) is 13.6. The van der Waals surface area contributed by atoms with Crippen LogP contribution in [0.2, 0.25) is 0 Å². The Morgan fingerprint density at radius 2 is 1.51 bits per heavy atom. The fourth-order valence-electron chi connectivity index (χ4n) is 4.93. The zero-order valence-electron chi connectivity index (χ0n) is 23.3. The molecule has 15 nitrogen and oxygen atoms in total. The normalized spacial score (nSPS) is 32.7. The second-order valence-electron chi connectivity index (χ2n) is 10.4. The van der Waals surface area contributed by atoms with E-state index < -0.39 is 90.9 Å². The number of hydrogen-bond acceptors (Lipinski definition) is 15. The molecule has 0 saturated carbocycles.